The molecule has 2 unspecified atom stereocenters. The Labute approximate surface area is 99.0 Å². The smallest absolute Gasteiger partial charge is 0.326 e. The number of nitrogens with zero attached hydrogens (tertiary/aromatic N) is 2. The zero-order valence-electron chi connectivity index (χ0n) is 8.00. The molecule has 1 aromatic heterocycles. The molecular weight excluding hydrogens is 322 g/mol. The maximum Gasteiger partial charge on any atom is 0.412 e. The van der Waals surface area contributed by atoms with Gasteiger partial charge in [0.1, 0.15) is 0 Å². The van der Waals surface area contributed by atoms with Crippen molar-refractivity contribution in [1.82, 2.24) is 9.78 Å². The molecule has 7 heteroatoms. The fourth-order valence-electron chi connectivity index (χ4n) is 1.28. The summed E-state index contributed by atoms with van der Waals surface area (Å²) in [6.07, 6.45) is -1.40. The van der Waals surface area contributed by atoms with Crippen molar-refractivity contribution in [3.05, 3.63) is 16.0 Å². The number of rotatable bonds is 3. The molecule has 0 aliphatic rings. The quantitative estimate of drug-likeness (QED) is 0.863. The van der Waals surface area contributed by atoms with Crippen LogP contribution in [0.2, 0.25) is 0 Å². The van der Waals surface area contributed by atoms with Crippen molar-refractivity contribution < 1.29 is 13.2 Å². The van der Waals surface area contributed by atoms with Gasteiger partial charge in [-0.3, -0.25) is 4.68 Å². The van der Waals surface area contributed by atoms with Crippen LogP contribution in [0.4, 0.5) is 13.2 Å². The lowest BCUT2D eigenvalue weighted by Gasteiger charge is -2.25. The van der Waals surface area contributed by atoms with E-state index in [1.165, 1.54) is 12.4 Å². The van der Waals surface area contributed by atoms with Gasteiger partial charge in [-0.05, 0) is 29.0 Å². The lowest BCUT2D eigenvalue weighted by molar-refractivity contribution is -0.175. The SMILES string of the molecule is CCC(N)C(n1cc(I)cn1)C(F)(F)F. The van der Waals surface area contributed by atoms with Gasteiger partial charge in [-0.25, -0.2) is 0 Å². The number of alkyl halides is 3. The van der Waals surface area contributed by atoms with Crippen LogP contribution in [-0.2, 0) is 0 Å². The lowest BCUT2D eigenvalue weighted by atomic mass is 10.1. The van der Waals surface area contributed by atoms with Crippen LogP contribution in [0.15, 0.2) is 12.4 Å². The van der Waals surface area contributed by atoms with Gasteiger partial charge in [-0.15, -0.1) is 0 Å². The lowest BCUT2D eigenvalue weighted by Crippen LogP contribution is -2.41. The predicted octanol–water partition coefficient (Wildman–Crippen LogP) is 2.33. The molecule has 86 valence electrons. The molecule has 0 spiro atoms. The monoisotopic (exact) mass is 333 g/mol. The van der Waals surface area contributed by atoms with Crippen LogP contribution in [0.1, 0.15) is 19.4 Å². The summed E-state index contributed by atoms with van der Waals surface area (Å²) in [6.45, 7) is 1.62. The molecule has 15 heavy (non-hydrogen) atoms. The first-order valence-electron chi connectivity index (χ1n) is 4.38. The Hall–Kier alpha value is -0.310. The average Bonchev–Trinajstić information content (AvgIpc) is 2.49. The first kappa shape index (κ1) is 12.8. The summed E-state index contributed by atoms with van der Waals surface area (Å²) in [5, 5.41) is 3.66. The molecule has 2 N–H and O–H groups in total. The molecule has 0 aliphatic carbocycles. The van der Waals surface area contributed by atoms with Crippen LogP contribution in [-0.4, -0.2) is 22.0 Å². The van der Waals surface area contributed by atoms with Crippen molar-refractivity contribution in [2.75, 3.05) is 0 Å². The van der Waals surface area contributed by atoms with E-state index in [1.807, 2.05) is 22.6 Å². The van der Waals surface area contributed by atoms with Gasteiger partial charge in [0.15, 0.2) is 6.04 Å². The highest BCUT2D eigenvalue weighted by molar-refractivity contribution is 14.1. The number of hydrogen-bond donors (Lipinski definition) is 1. The second-order valence-corrected chi connectivity index (χ2v) is 4.44. The maximum atomic E-state index is 12.7. The molecule has 0 fully saturated rings. The summed E-state index contributed by atoms with van der Waals surface area (Å²) in [4.78, 5) is 0. The Morgan fingerprint density at radius 1 is 1.60 bits per heavy atom. The Morgan fingerprint density at radius 3 is 2.53 bits per heavy atom. The fourth-order valence-corrected chi connectivity index (χ4v) is 1.69. The van der Waals surface area contributed by atoms with E-state index in [-0.39, 0.29) is 6.42 Å². The highest BCUT2D eigenvalue weighted by atomic mass is 127. The van der Waals surface area contributed by atoms with Crippen LogP contribution in [0.25, 0.3) is 0 Å². The minimum atomic E-state index is -4.37. The molecule has 0 saturated heterocycles. The minimum absolute atomic E-state index is 0.251. The molecule has 1 heterocycles. The third-order valence-electron chi connectivity index (χ3n) is 2.07. The average molecular weight is 333 g/mol. The molecule has 1 aromatic rings. The fraction of sp³-hybridized carbons (Fsp3) is 0.625. The maximum absolute atomic E-state index is 12.7. The van der Waals surface area contributed by atoms with Gasteiger partial charge < -0.3 is 5.73 Å². The Bertz CT molecular complexity index is 323. The topological polar surface area (TPSA) is 43.8 Å². The van der Waals surface area contributed by atoms with Crippen LogP contribution in [0.3, 0.4) is 0 Å². The van der Waals surface area contributed by atoms with Crippen molar-refractivity contribution in [2.45, 2.75) is 31.6 Å². The normalized spacial score (nSPS) is 16.4. The second kappa shape index (κ2) is 4.69. The summed E-state index contributed by atoms with van der Waals surface area (Å²) in [5.41, 5.74) is 5.46. The van der Waals surface area contributed by atoms with Crippen molar-refractivity contribution >= 4 is 22.6 Å². The third kappa shape index (κ3) is 3.07. The van der Waals surface area contributed by atoms with Crippen molar-refractivity contribution in [1.29, 1.82) is 0 Å². The molecule has 0 amide bonds. The molecule has 0 saturated carbocycles. The predicted molar refractivity (Wildman–Crippen MR) is 58.3 cm³/mol. The van der Waals surface area contributed by atoms with Crippen LogP contribution in [0, 0.1) is 3.57 Å². The van der Waals surface area contributed by atoms with E-state index in [9.17, 15) is 13.2 Å². The van der Waals surface area contributed by atoms with Gasteiger partial charge in [-0.1, -0.05) is 6.92 Å². The van der Waals surface area contributed by atoms with E-state index >= 15 is 0 Å². The third-order valence-corrected chi connectivity index (χ3v) is 2.62. The summed E-state index contributed by atoms with van der Waals surface area (Å²) < 4.78 is 39.7. The minimum Gasteiger partial charge on any atom is -0.326 e. The highest BCUT2D eigenvalue weighted by Crippen LogP contribution is 2.33. The summed E-state index contributed by atoms with van der Waals surface area (Å²) in [5.74, 6) is 0. The molecule has 1 rings (SSSR count). The van der Waals surface area contributed by atoms with E-state index in [4.69, 9.17) is 5.73 Å². The molecule has 0 aliphatic heterocycles. The van der Waals surface area contributed by atoms with Crippen molar-refractivity contribution in [2.24, 2.45) is 5.73 Å². The van der Waals surface area contributed by atoms with E-state index < -0.39 is 18.3 Å². The summed E-state index contributed by atoms with van der Waals surface area (Å²) >= 11 is 1.91. The van der Waals surface area contributed by atoms with Crippen molar-refractivity contribution in [3.8, 4) is 0 Å². The van der Waals surface area contributed by atoms with E-state index in [1.54, 1.807) is 6.92 Å². The van der Waals surface area contributed by atoms with E-state index in [0.29, 0.717) is 3.57 Å². The Kier molecular flexibility index (Phi) is 3.99. The zero-order chi connectivity index (χ0) is 11.6. The first-order chi connectivity index (χ1) is 6.86. The largest absolute Gasteiger partial charge is 0.412 e. The number of nitrogens with two attached hydrogens (primary N) is 1. The summed E-state index contributed by atoms with van der Waals surface area (Å²) in [6, 6.07) is -2.72. The van der Waals surface area contributed by atoms with Gasteiger partial charge in [0, 0.05) is 12.2 Å². The number of hydrogen-bond acceptors (Lipinski definition) is 2. The molecule has 2 atom stereocenters. The zero-order valence-corrected chi connectivity index (χ0v) is 10.2. The van der Waals surface area contributed by atoms with Gasteiger partial charge in [0.25, 0.3) is 0 Å². The van der Waals surface area contributed by atoms with E-state index in [2.05, 4.69) is 5.10 Å². The first-order valence-corrected chi connectivity index (χ1v) is 5.46. The van der Waals surface area contributed by atoms with Gasteiger partial charge >= 0.3 is 6.18 Å². The second-order valence-electron chi connectivity index (χ2n) is 3.20. The molecule has 3 nitrogen and oxygen atoms in total. The highest BCUT2D eigenvalue weighted by Gasteiger charge is 2.44. The summed E-state index contributed by atoms with van der Waals surface area (Å²) in [7, 11) is 0. The molecular formula is C8H11F3IN3. The van der Waals surface area contributed by atoms with Crippen LogP contribution >= 0.6 is 22.6 Å². The van der Waals surface area contributed by atoms with Crippen LogP contribution < -0.4 is 5.73 Å². The Morgan fingerprint density at radius 2 is 2.20 bits per heavy atom. The number of halogens is 4. The molecule has 0 bridgehead atoms. The van der Waals surface area contributed by atoms with E-state index in [0.717, 1.165) is 4.68 Å². The van der Waals surface area contributed by atoms with Gasteiger partial charge in [0.05, 0.1) is 9.77 Å². The van der Waals surface area contributed by atoms with Crippen molar-refractivity contribution in [3.63, 3.8) is 0 Å². The number of aromatic nitrogens is 2. The Balaban J connectivity index is 3.01. The van der Waals surface area contributed by atoms with Crippen LogP contribution in [0.5, 0.6) is 0 Å². The van der Waals surface area contributed by atoms with Gasteiger partial charge in [0.2, 0.25) is 0 Å². The van der Waals surface area contributed by atoms with Gasteiger partial charge in [-0.2, -0.15) is 18.3 Å². The molecule has 0 radical (unpaired) electrons. The molecule has 0 aromatic carbocycles. The standard InChI is InChI=1S/C8H11F3IN3/c1-2-6(13)7(8(9,10)11)15-4-5(12)3-14-15/h3-4,6-7H,2,13H2,1H3.